The number of carbonyl (C=O) groups excluding carboxylic acids is 1. The highest BCUT2D eigenvalue weighted by Gasteiger charge is 2.39. The first kappa shape index (κ1) is 18.1. The molecule has 3 heterocycles. The van der Waals surface area contributed by atoms with Crippen LogP contribution >= 0.6 is 0 Å². The van der Waals surface area contributed by atoms with Gasteiger partial charge in [0.05, 0.1) is 29.2 Å². The minimum atomic E-state index is -3.03. The summed E-state index contributed by atoms with van der Waals surface area (Å²) >= 11 is 0. The van der Waals surface area contributed by atoms with Gasteiger partial charge in [-0.1, -0.05) is 20.8 Å². The van der Waals surface area contributed by atoms with Crippen LogP contribution in [-0.2, 0) is 20.0 Å². The van der Waals surface area contributed by atoms with Gasteiger partial charge in [0, 0.05) is 25.6 Å². The Morgan fingerprint density at radius 3 is 2.40 bits per heavy atom. The molecule has 0 spiro atoms. The molecular formula is C17H26N4O3S. The number of nitrogens with zero attached hydrogens (tertiary/aromatic N) is 4. The van der Waals surface area contributed by atoms with E-state index in [0.717, 1.165) is 11.5 Å². The number of hydrogen-bond donors (Lipinski definition) is 0. The van der Waals surface area contributed by atoms with Crippen LogP contribution in [0.4, 0.5) is 5.82 Å². The van der Waals surface area contributed by atoms with Crippen molar-refractivity contribution in [3.63, 3.8) is 0 Å². The maximum absolute atomic E-state index is 12.5. The molecule has 2 fully saturated rings. The number of hydrogen-bond acceptors (Lipinski definition) is 6. The van der Waals surface area contributed by atoms with Gasteiger partial charge in [-0.3, -0.25) is 4.79 Å². The first-order valence-electron chi connectivity index (χ1n) is 8.63. The molecule has 1 amide bonds. The average molecular weight is 366 g/mol. The van der Waals surface area contributed by atoms with E-state index < -0.39 is 9.84 Å². The van der Waals surface area contributed by atoms with Crippen LogP contribution in [0.5, 0.6) is 0 Å². The minimum Gasteiger partial charge on any atom is -0.351 e. The molecule has 0 saturated carbocycles. The highest BCUT2D eigenvalue weighted by molar-refractivity contribution is 7.91. The van der Waals surface area contributed by atoms with Crippen molar-refractivity contribution in [2.75, 3.05) is 36.5 Å². The SMILES string of the molecule is CN(C(=O)C1CCS(=O)(=O)C1)C1CN(c2ccc(C(C)(C)C)nn2)C1. The standard InChI is InChI=1S/C17H26N4O3S/c1-17(2,3)14-5-6-15(19-18-14)21-9-13(10-21)20(4)16(22)12-7-8-25(23,24)11-12/h5-6,12-13H,7-11H2,1-4H3. The van der Waals surface area contributed by atoms with E-state index >= 15 is 0 Å². The molecule has 2 aliphatic rings. The molecule has 0 N–H and O–H groups in total. The number of sulfone groups is 1. The van der Waals surface area contributed by atoms with Crippen molar-refractivity contribution in [2.24, 2.45) is 5.92 Å². The lowest BCUT2D eigenvalue weighted by molar-refractivity contribution is -0.136. The molecule has 0 aliphatic carbocycles. The molecule has 138 valence electrons. The largest absolute Gasteiger partial charge is 0.351 e. The molecule has 0 radical (unpaired) electrons. The van der Waals surface area contributed by atoms with Gasteiger partial charge in [0.2, 0.25) is 5.91 Å². The number of likely N-dealkylation sites (N-methyl/N-ethyl adjacent to an activating group) is 1. The summed E-state index contributed by atoms with van der Waals surface area (Å²) in [6.45, 7) is 7.69. The zero-order valence-corrected chi connectivity index (χ0v) is 16.1. The van der Waals surface area contributed by atoms with Crippen LogP contribution in [0.2, 0.25) is 0 Å². The predicted octanol–water partition coefficient (Wildman–Crippen LogP) is 0.856. The second-order valence-corrected chi connectivity index (χ2v) is 10.4. The topological polar surface area (TPSA) is 83.5 Å². The van der Waals surface area contributed by atoms with Crippen molar-refractivity contribution in [2.45, 2.75) is 38.6 Å². The van der Waals surface area contributed by atoms with E-state index in [1.807, 2.05) is 12.1 Å². The average Bonchev–Trinajstić information content (AvgIpc) is 2.84. The van der Waals surface area contributed by atoms with Gasteiger partial charge in [-0.2, -0.15) is 5.10 Å². The van der Waals surface area contributed by atoms with Crippen molar-refractivity contribution in [1.82, 2.24) is 15.1 Å². The van der Waals surface area contributed by atoms with E-state index in [9.17, 15) is 13.2 Å². The van der Waals surface area contributed by atoms with Crippen molar-refractivity contribution >= 4 is 21.6 Å². The van der Waals surface area contributed by atoms with E-state index in [1.54, 1.807) is 11.9 Å². The van der Waals surface area contributed by atoms with Crippen molar-refractivity contribution in [1.29, 1.82) is 0 Å². The number of amides is 1. The molecule has 25 heavy (non-hydrogen) atoms. The summed E-state index contributed by atoms with van der Waals surface area (Å²) in [6, 6.07) is 4.06. The lowest BCUT2D eigenvalue weighted by atomic mass is 9.92. The predicted molar refractivity (Wildman–Crippen MR) is 96.3 cm³/mol. The summed E-state index contributed by atoms with van der Waals surface area (Å²) in [5.74, 6) is 0.499. The molecular weight excluding hydrogens is 340 g/mol. The zero-order chi connectivity index (χ0) is 18.4. The second kappa shape index (κ2) is 6.23. The Morgan fingerprint density at radius 1 is 1.24 bits per heavy atom. The van der Waals surface area contributed by atoms with E-state index in [0.29, 0.717) is 19.5 Å². The first-order chi connectivity index (χ1) is 11.6. The monoisotopic (exact) mass is 366 g/mol. The molecule has 1 aromatic rings. The fourth-order valence-corrected chi connectivity index (χ4v) is 4.97. The molecule has 1 atom stereocenters. The van der Waals surface area contributed by atoms with Crippen LogP contribution < -0.4 is 4.90 Å². The normalized spacial score (nSPS) is 23.4. The fourth-order valence-electron chi connectivity index (χ4n) is 3.24. The van der Waals surface area contributed by atoms with Crippen molar-refractivity contribution < 1.29 is 13.2 Å². The minimum absolute atomic E-state index is 0.00759. The lowest BCUT2D eigenvalue weighted by Crippen LogP contribution is -2.61. The highest BCUT2D eigenvalue weighted by Crippen LogP contribution is 2.26. The van der Waals surface area contributed by atoms with Gasteiger partial charge in [-0.05, 0) is 18.6 Å². The maximum Gasteiger partial charge on any atom is 0.226 e. The Morgan fingerprint density at radius 2 is 1.92 bits per heavy atom. The van der Waals surface area contributed by atoms with E-state index in [1.165, 1.54) is 0 Å². The Kier molecular flexibility index (Phi) is 4.51. The van der Waals surface area contributed by atoms with E-state index in [4.69, 9.17) is 0 Å². The first-order valence-corrected chi connectivity index (χ1v) is 10.5. The second-order valence-electron chi connectivity index (χ2n) is 8.13. The van der Waals surface area contributed by atoms with E-state index in [-0.39, 0.29) is 34.8 Å². The van der Waals surface area contributed by atoms with Gasteiger partial charge in [-0.15, -0.1) is 5.10 Å². The van der Waals surface area contributed by atoms with Crippen LogP contribution in [0.3, 0.4) is 0 Å². The molecule has 2 saturated heterocycles. The third kappa shape index (κ3) is 3.78. The Bertz CT molecular complexity index is 749. The van der Waals surface area contributed by atoms with Gasteiger partial charge < -0.3 is 9.80 Å². The van der Waals surface area contributed by atoms with Crippen LogP contribution in [-0.4, -0.2) is 67.1 Å². The van der Waals surface area contributed by atoms with Gasteiger partial charge in [-0.25, -0.2) is 8.42 Å². The number of aromatic nitrogens is 2. The summed E-state index contributed by atoms with van der Waals surface area (Å²) in [7, 11) is -1.27. The van der Waals surface area contributed by atoms with Crippen LogP contribution in [0.25, 0.3) is 0 Å². The maximum atomic E-state index is 12.5. The lowest BCUT2D eigenvalue weighted by Gasteiger charge is -2.45. The Labute approximate surface area is 149 Å². The molecule has 2 aliphatic heterocycles. The third-order valence-corrected chi connectivity index (χ3v) is 6.85. The fraction of sp³-hybridized carbons (Fsp3) is 0.706. The van der Waals surface area contributed by atoms with Gasteiger partial charge >= 0.3 is 0 Å². The summed E-state index contributed by atoms with van der Waals surface area (Å²) in [4.78, 5) is 16.3. The number of rotatable bonds is 3. The Balaban J connectivity index is 1.56. The van der Waals surface area contributed by atoms with Crippen LogP contribution in [0.1, 0.15) is 32.9 Å². The van der Waals surface area contributed by atoms with Crippen LogP contribution in [0, 0.1) is 5.92 Å². The summed E-state index contributed by atoms with van der Waals surface area (Å²) in [5, 5.41) is 8.59. The van der Waals surface area contributed by atoms with Gasteiger partial charge in [0.1, 0.15) is 0 Å². The molecule has 0 aromatic carbocycles. The molecule has 1 unspecified atom stereocenters. The highest BCUT2D eigenvalue weighted by atomic mass is 32.2. The summed E-state index contributed by atoms with van der Waals surface area (Å²) in [5.41, 5.74) is 0.917. The number of anilines is 1. The molecule has 7 nitrogen and oxygen atoms in total. The molecule has 8 heteroatoms. The van der Waals surface area contributed by atoms with E-state index in [2.05, 4.69) is 35.9 Å². The van der Waals surface area contributed by atoms with Crippen LogP contribution in [0.15, 0.2) is 12.1 Å². The summed E-state index contributed by atoms with van der Waals surface area (Å²) < 4.78 is 23.1. The molecule has 1 aromatic heterocycles. The summed E-state index contributed by atoms with van der Waals surface area (Å²) in [6.07, 6.45) is 0.446. The zero-order valence-electron chi connectivity index (χ0n) is 15.3. The van der Waals surface area contributed by atoms with Crippen molar-refractivity contribution in [3.8, 4) is 0 Å². The van der Waals surface area contributed by atoms with Gasteiger partial charge in [0.25, 0.3) is 0 Å². The molecule has 0 bridgehead atoms. The third-order valence-electron chi connectivity index (χ3n) is 5.08. The Hall–Kier alpha value is -1.70. The smallest absolute Gasteiger partial charge is 0.226 e. The van der Waals surface area contributed by atoms with Gasteiger partial charge in [0.15, 0.2) is 15.7 Å². The van der Waals surface area contributed by atoms with Crippen molar-refractivity contribution in [3.05, 3.63) is 17.8 Å². The molecule has 3 rings (SSSR count). The number of carbonyl (C=O) groups is 1. The quantitative estimate of drug-likeness (QED) is 0.789.